The number of pyridine rings is 1. The second-order valence-electron chi connectivity index (χ2n) is 5.10. The molecule has 0 aliphatic carbocycles. The number of cyclic esters (lactones) is 1. The number of rotatable bonds is 0. The second kappa shape index (κ2) is 3.93. The van der Waals surface area contributed by atoms with Crippen molar-refractivity contribution in [3.63, 3.8) is 0 Å². The van der Waals surface area contributed by atoms with Crippen LogP contribution in [0.4, 0.5) is 4.79 Å². The van der Waals surface area contributed by atoms with Gasteiger partial charge in [-0.05, 0) is 13.8 Å². The van der Waals surface area contributed by atoms with Crippen molar-refractivity contribution in [2.75, 3.05) is 0 Å². The Morgan fingerprint density at radius 1 is 1.44 bits per heavy atom. The first kappa shape index (κ1) is 13.3. The van der Waals surface area contributed by atoms with Crippen molar-refractivity contribution >= 4 is 6.09 Å². The number of hydrogen-bond donors (Lipinski definition) is 1. The molecule has 6 heteroatoms. The Balaban J connectivity index is 0.00000120. The topological polar surface area (TPSA) is 53.7 Å². The Morgan fingerprint density at radius 3 is 2.89 bits per heavy atom. The predicted molar refractivity (Wildman–Crippen MR) is 57.7 cm³/mol. The van der Waals surface area contributed by atoms with Crippen LogP contribution in [-0.4, -0.2) is 27.4 Å². The maximum absolute atomic E-state index is 11.8. The van der Waals surface area contributed by atoms with Gasteiger partial charge in [-0.2, -0.15) is 4.57 Å². The molecule has 0 saturated carbocycles. The molecular formula is C12H15BrN2O3. The van der Waals surface area contributed by atoms with Gasteiger partial charge < -0.3 is 26.8 Å². The van der Waals surface area contributed by atoms with Gasteiger partial charge in [-0.3, -0.25) is 4.90 Å². The van der Waals surface area contributed by atoms with Gasteiger partial charge in [0.05, 0.1) is 0 Å². The highest BCUT2D eigenvalue weighted by atomic mass is 79.9. The van der Waals surface area contributed by atoms with Gasteiger partial charge in [0, 0.05) is 12.1 Å². The van der Waals surface area contributed by atoms with Crippen LogP contribution in [0.2, 0.25) is 0 Å². The monoisotopic (exact) mass is 314 g/mol. The lowest BCUT2D eigenvalue weighted by molar-refractivity contribution is -0.733. The molecule has 1 amide bonds. The number of carbonyl (C=O) groups is 1. The third-order valence-corrected chi connectivity index (χ3v) is 3.72. The van der Waals surface area contributed by atoms with Crippen molar-refractivity contribution in [3.05, 3.63) is 30.1 Å². The Kier molecular flexibility index (Phi) is 2.90. The lowest BCUT2D eigenvalue weighted by Crippen LogP contribution is -3.00. The minimum Gasteiger partial charge on any atom is -1.00 e. The number of aromatic nitrogens is 1. The molecule has 5 nitrogen and oxygen atoms in total. The van der Waals surface area contributed by atoms with Gasteiger partial charge in [0.1, 0.15) is 6.54 Å². The minimum absolute atomic E-state index is 0. The highest BCUT2D eigenvalue weighted by Crippen LogP contribution is 2.39. The molecule has 1 unspecified atom stereocenters. The lowest BCUT2D eigenvalue weighted by atomic mass is 9.92. The van der Waals surface area contributed by atoms with Crippen molar-refractivity contribution in [2.45, 2.75) is 38.3 Å². The second-order valence-corrected chi connectivity index (χ2v) is 5.10. The van der Waals surface area contributed by atoms with E-state index in [0.29, 0.717) is 13.1 Å². The molecule has 0 spiro atoms. The summed E-state index contributed by atoms with van der Waals surface area (Å²) in [6.07, 6.45) is 1.45. The molecule has 3 rings (SSSR count). The fourth-order valence-corrected chi connectivity index (χ4v) is 2.51. The van der Waals surface area contributed by atoms with Crippen molar-refractivity contribution < 1.29 is 36.2 Å². The van der Waals surface area contributed by atoms with Crippen LogP contribution in [0.1, 0.15) is 19.5 Å². The summed E-state index contributed by atoms with van der Waals surface area (Å²) in [5, 5.41) is 10.7. The largest absolute Gasteiger partial charge is 1.00 e. The predicted octanol–water partition coefficient (Wildman–Crippen LogP) is -2.59. The smallest absolute Gasteiger partial charge is 0.413 e. The average molecular weight is 315 g/mol. The molecular weight excluding hydrogens is 300 g/mol. The van der Waals surface area contributed by atoms with E-state index in [1.807, 2.05) is 29.0 Å². The lowest BCUT2D eigenvalue weighted by Gasteiger charge is -2.38. The molecule has 0 aromatic carbocycles. The number of ether oxygens (including phenoxy) is 1. The quantitative estimate of drug-likeness (QED) is 0.535. The summed E-state index contributed by atoms with van der Waals surface area (Å²) in [5.74, 6) is 0. The molecule has 2 aliphatic heterocycles. The molecule has 1 N–H and O–H groups in total. The van der Waals surface area contributed by atoms with Crippen molar-refractivity contribution in [2.24, 2.45) is 0 Å². The van der Waals surface area contributed by atoms with E-state index < -0.39 is 17.4 Å². The first-order chi connectivity index (χ1) is 7.94. The fraction of sp³-hybridized carbons (Fsp3) is 0.500. The molecule has 1 saturated heterocycles. The van der Waals surface area contributed by atoms with E-state index in [9.17, 15) is 9.90 Å². The maximum atomic E-state index is 11.8. The number of aliphatic hydroxyl groups is 1. The minimum atomic E-state index is -1.27. The van der Waals surface area contributed by atoms with Gasteiger partial charge >= 0.3 is 6.09 Å². The number of nitrogens with zero attached hydrogens (tertiary/aromatic N) is 2. The van der Waals surface area contributed by atoms with Gasteiger partial charge in [-0.1, -0.05) is 6.07 Å². The van der Waals surface area contributed by atoms with Gasteiger partial charge in [-0.15, -0.1) is 0 Å². The summed E-state index contributed by atoms with van der Waals surface area (Å²) in [6, 6.07) is 5.77. The fourth-order valence-electron chi connectivity index (χ4n) is 2.51. The molecule has 3 heterocycles. The Hall–Kier alpha value is -1.14. The van der Waals surface area contributed by atoms with Gasteiger partial charge in [-0.25, -0.2) is 4.79 Å². The molecule has 1 aromatic rings. The standard InChI is InChI=1S/C12H15N2O3.BrH/c1-11(2)12(16)8-13-6-4-3-5-9(13)7-14(12)10(15)17-11;/h3-6,16H,7-8H2,1-2H3;1H/q+1;/p-1. The third kappa shape index (κ3) is 1.55. The maximum Gasteiger partial charge on any atom is 0.413 e. The number of amides is 1. The van der Waals surface area contributed by atoms with Crippen LogP contribution in [0, 0.1) is 0 Å². The van der Waals surface area contributed by atoms with E-state index in [-0.39, 0.29) is 17.0 Å². The molecule has 1 aromatic heterocycles. The van der Waals surface area contributed by atoms with E-state index in [4.69, 9.17) is 4.74 Å². The van der Waals surface area contributed by atoms with Crippen LogP contribution >= 0.6 is 0 Å². The molecule has 1 fully saturated rings. The highest BCUT2D eigenvalue weighted by Gasteiger charge is 2.64. The Morgan fingerprint density at radius 2 is 2.17 bits per heavy atom. The number of hydrogen-bond acceptors (Lipinski definition) is 3. The molecule has 0 bridgehead atoms. The zero-order chi connectivity index (χ0) is 12.3. The molecule has 0 radical (unpaired) electrons. The zero-order valence-corrected chi connectivity index (χ0v) is 11.8. The zero-order valence-electron chi connectivity index (χ0n) is 10.3. The highest BCUT2D eigenvalue weighted by molar-refractivity contribution is 5.72. The molecule has 2 aliphatic rings. The normalized spacial score (nSPS) is 27.9. The summed E-state index contributed by atoms with van der Waals surface area (Å²) in [7, 11) is 0. The van der Waals surface area contributed by atoms with Crippen molar-refractivity contribution in [1.29, 1.82) is 0 Å². The summed E-state index contributed by atoms with van der Waals surface area (Å²) >= 11 is 0. The number of carbonyl (C=O) groups excluding carboxylic acids is 1. The van der Waals surface area contributed by atoms with E-state index >= 15 is 0 Å². The van der Waals surface area contributed by atoms with Crippen LogP contribution in [0.25, 0.3) is 0 Å². The van der Waals surface area contributed by atoms with E-state index in [1.165, 1.54) is 4.90 Å². The van der Waals surface area contributed by atoms with Crippen LogP contribution in [0.5, 0.6) is 0 Å². The average Bonchev–Trinajstić information content (AvgIpc) is 2.43. The number of fused-ring (bicyclic) bond motifs is 2. The summed E-state index contributed by atoms with van der Waals surface area (Å²) in [5.41, 5.74) is -1.18. The Labute approximate surface area is 116 Å². The third-order valence-electron chi connectivity index (χ3n) is 3.72. The van der Waals surface area contributed by atoms with Crippen LogP contribution < -0.4 is 21.5 Å². The van der Waals surface area contributed by atoms with E-state index in [2.05, 4.69) is 0 Å². The van der Waals surface area contributed by atoms with E-state index in [0.717, 1.165) is 5.69 Å². The first-order valence-electron chi connectivity index (χ1n) is 5.64. The molecule has 98 valence electrons. The molecule has 1 atom stereocenters. The van der Waals surface area contributed by atoms with E-state index in [1.54, 1.807) is 13.8 Å². The van der Waals surface area contributed by atoms with Crippen LogP contribution in [-0.2, 0) is 17.8 Å². The molecule has 18 heavy (non-hydrogen) atoms. The Bertz CT molecular complexity index is 506. The summed E-state index contributed by atoms with van der Waals surface area (Å²) < 4.78 is 7.21. The van der Waals surface area contributed by atoms with Crippen LogP contribution in [0.15, 0.2) is 24.4 Å². The first-order valence-corrected chi connectivity index (χ1v) is 5.64. The van der Waals surface area contributed by atoms with Gasteiger partial charge in [0.15, 0.2) is 18.3 Å². The van der Waals surface area contributed by atoms with Gasteiger partial charge in [0.25, 0.3) is 0 Å². The summed E-state index contributed by atoms with van der Waals surface area (Å²) in [6.45, 7) is 4.18. The van der Waals surface area contributed by atoms with Crippen molar-refractivity contribution in [1.82, 2.24) is 4.90 Å². The number of halogens is 1. The van der Waals surface area contributed by atoms with Crippen LogP contribution in [0.3, 0.4) is 0 Å². The summed E-state index contributed by atoms with van der Waals surface area (Å²) in [4.78, 5) is 13.2. The SMILES string of the molecule is CC1(C)OC(=O)N2Cc3cccc[n+]3CC21O.[Br-]. The van der Waals surface area contributed by atoms with Gasteiger partial charge in [0.2, 0.25) is 11.4 Å². The van der Waals surface area contributed by atoms with Crippen molar-refractivity contribution in [3.8, 4) is 0 Å².